The van der Waals surface area contributed by atoms with Crippen molar-refractivity contribution in [1.82, 2.24) is 4.31 Å². The Morgan fingerprint density at radius 3 is 2.36 bits per heavy atom. The van der Waals surface area contributed by atoms with Gasteiger partial charge in [-0.05, 0) is 91.8 Å². The molecule has 0 aromatic heterocycles. The molecule has 0 N–H and O–H groups in total. The molecule has 1 saturated heterocycles. The molecule has 2 aromatic rings. The third-order valence-electron chi connectivity index (χ3n) is 8.50. The summed E-state index contributed by atoms with van der Waals surface area (Å²) in [5.74, 6) is 0.266. The zero-order valence-electron chi connectivity index (χ0n) is 18.9. The van der Waals surface area contributed by atoms with Crippen molar-refractivity contribution in [3.63, 3.8) is 0 Å². The van der Waals surface area contributed by atoms with Crippen molar-refractivity contribution < 1.29 is 13.2 Å². The van der Waals surface area contributed by atoms with Gasteiger partial charge in [-0.25, -0.2) is 8.42 Å². The maximum Gasteiger partial charge on any atom is 0.258 e. The first-order valence-electron chi connectivity index (χ1n) is 11.9. The third-order valence-corrected chi connectivity index (χ3v) is 10.8. The van der Waals surface area contributed by atoms with Gasteiger partial charge in [-0.3, -0.25) is 4.79 Å². The van der Waals surface area contributed by atoms with Crippen molar-refractivity contribution >= 4 is 37.5 Å². The fourth-order valence-electron chi connectivity index (χ4n) is 6.12. The van der Waals surface area contributed by atoms with Crippen LogP contribution in [0.1, 0.15) is 61.4 Å². The number of hydrogen-bond donors (Lipinski definition) is 0. The maximum atomic E-state index is 13.8. The first-order chi connectivity index (χ1) is 15.7. The van der Waals surface area contributed by atoms with Crippen LogP contribution in [0.3, 0.4) is 0 Å². The van der Waals surface area contributed by atoms with E-state index in [1.807, 2.05) is 24.0 Å². The normalized spacial score (nSPS) is 23.5. The third kappa shape index (κ3) is 3.50. The molecule has 7 heteroatoms. The number of carbonyl (C=O) groups is 1. The molecule has 0 unspecified atom stereocenters. The van der Waals surface area contributed by atoms with Crippen LogP contribution < -0.4 is 4.90 Å². The highest BCUT2D eigenvalue weighted by atomic mass is 79.9. The number of hydrogen-bond acceptors (Lipinski definition) is 3. The summed E-state index contributed by atoms with van der Waals surface area (Å²) < 4.78 is 28.5. The largest absolute Gasteiger partial charge is 0.307 e. The number of amides is 1. The van der Waals surface area contributed by atoms with E-state index in [4.69, 9.17) is 0 Å². The molecule has 4 aliphatic rings. The second-order valence-electron chi connectivity index (χ2n) is 10.8. The van der Waals surface area contributed by atoms with Crippen LogP contribution in [0.2, 0.25) is 0 Å². The number of nitrogens with zero attached hydrogens (tertiary/aromatic N) is 2. The first-order valence-corrected chi connectivity index (χ1v) is 14.2. The SMILES string of the molecule is CC1CN(S(=O)(=O)c2cccc(C(=O)N3CC4(CCC5(CC5)CC4)c4cc(Br)ccc43)c2)C1. The summed E-state index contributed by atoms with van der Waals surface area (Å²) in [5, 5.41) is 0. The molecule has 0 radical (unpaired) electrons. The van der Waals surface area contributed by atoms with Crippen LogP contribution in [0, 0.1) is 11.3 Å². The lowest BCUT2D eigenvalue weighted by molar-refractivity contribution is 0.0980. The average molecular weight is 530 g/mol. The van der Waals surface area contributed by atoms with Gasteiger partial charge in [0.2, 0.25) is 10.0 Å². The standard InChI is InChI=1S/C26H29BrN2O3S/c1-18-15-28(16-18)33(31,32)21-4-2-3-19(13-21)24(30)29-17-26(11-9-25(7-8-25)10-12-26)22-14-20(27)5-6-23(22)29/h2-6,13-14,18H,7-12,15-17H2,1H3. The Labute approximate surface area is 204 Å². The molecule has 2 spiro atoms. The van der Waals surface area contributed by atoms with Crippen LogP contribution >= 0.6 is 15.9 Å². The van der Waals surface area contributed by atoms with Gasteiger partial charge in [-0.15, -0.1) is 0 Å². The van der Waals surface area contributed by atoms with E-state index in [9.17, 15) is 13.2 Å². The highest BCUT2D eigenvalue weighted by Gasteiger charge is 2.53. The van der Waals surface area contributed by atoms with Gasteiger partial charge in [-0.1, -0.05) is 28.9 Å². The molecule has 0 atom stereocenters. The van der Waals surface area contributed by atoms with E-state index in [-0.39, 0.29) is 16.2 Å². The minimum atomic E-state index is -3.56. The van der Waals surface area contributed by atoms with Gasteiger partial charge in [0.1, 0.15) is 0 Å². The molecule has 33 heavy (non-hydrogen) atoms. The van der Waals surface area contributed by atoms with E-state index in [1.54, 1.807) is 24.3 Å². The van der Waals surface area contributed by atoms with Crippen LogP contribution in [-0.2, 0) is 15.4 Å². The van der Waals surface area contributed by atoms with Gasteiger partial charge in [0.05, 0.1) is 4.90 Å². The van der Waals surface area contributed by atoms with E-state index in [2.05, 4.69) is 22.0 Å². The van der Waals surface area contributed by atoms with E-state index < -0.39 is 10.0 Å². The summed E-state index contributed by atoms with van der Waals surface area (Å²) in [7, 11) is -3.56. The fraction of sp³-hybridized carbons (Fsp3) is 0.500. The van der Waals surface area contributed by atoms with E-state index in [0.29, 0.717) is 36.5 Å². The minimum absolute atomic E-state index is 0.0000716. The summed E-state index contributed by atoms with van der Waals surface area (Å²) >= 11 is 3.64. The zero-order chi connectivity index (χ0) is 23.0. The maximum absolute atomic E-state index is 13.8. The van der Waals surface area contributed by atoms with Crippen molar-refractivity contribution in [2.45, 2.75) is 55.8 Å². The van der Waals surface area contributed by atoms with E-state index in [1.165, 1.54) is 35.6 Å². The van der Waals surface area contributed by atoms with Crippen LogP contribution in [0.15, 0.2) is 51.8 Å². The monoisotopic (exact) mass is 528 g/mol. The number of carbonyl (C=O) groups excluding carboxylic acids is 1. The van der Waals surface area contributed by atoms with E-state index in [0.717, 1.165) is 23.0 Å². The topological polar surface area (TPSA) is 57.7 Å². The van der Waals surface area contributed by atoms with Gasteiger partial charge >= 0.3 is 0 Å². The molecule has 1 amide bonds. The van der Waals surface area contributed by atoms with Crippen molar-refractivity contribution in [3.05, 3.63) is 58.1 Å². The lowest BCUT2D eigenvalue weighted by Crippen LogP contribution is -2.48. The predicted molar refractivity (Wildman–Crippen MR) is 132 cm³/mol. The number of sulfonamides is 1. The fourth-order valence-corrected chi connectivity index (χ4v) is 8.21. The summed E-state index contributed by atoms with van der Waals surface area (Å²) in [6.45, 7) is 3.80. The Morgan fingerprint density at radius 2 is 1.70 bits per heavy atom. The molecule has 2 aliphatic heterocycles. The summed E-state index contributed by atoms with van der Waals surface area (Å²) in [4.78, 5) is 15.9. The summed E-state index contributed by atoms with van der Waals surface area (Å²) in [6.07, 6.45) is 7.41. The molecule has 0 bridgehead atoms. The Morgan fingerprint density at radius 1 is 1.00 bits per heavy atom. The highest BCUT2D eigenvalue weighted by molar-refractivity contribution is 9.10. The number of fused-ring (bicyclic) bond motifs is 2. The zero-order valence-corrected chi connectivity index (χ0v) is 21.3. The Bertz CT molecular complexity index is 1240. The van der Waals surface area contributed by atoms with Crippen LogP contribution in [-0.4, -0.2) is 38.3 Å². The first kappa shape index (κ1) is 21.8. The summed E-state index contributed by atoms with van der Waals surface area (Å²) in [5.41, 5.74) is 3.25. The van der Waals surface area contributed by atoms with Crippen LogP contribution in [0.4, 0.5) is 5.69 Å². The van der Waals surface area contributed by atoms with Crippen LogP contribution in [0.5, 0.6) is 0 Å². The van der Waals surface area contributed by atoms with Crippen molar-refractivity contribution in [2.24, 2.45) is 11.3 Å². The van der Waals surface area contributed by atoms with E-state index >= 15 is 0 Å². The lowest BCUT2D eigenvalue weighted by Gasteiger charge is -2.38. The molecule has 2 aliphatic carbocycles. The van der Waals surface area contributed by atoms with Crippen molar-refractivity contribution in [3.8, 4) is 0 Å². The minimum Gasteiger partial charge on any atom is -0.307 e. The van der Waals surface area contributed by atoms with Crippen LogP contribution in [0.25, 0.3) is 0 Å². The Balaban J connectivity index is 1.32. The Hall–Kier alpha value is -1.70. The number of benzene rings is 2. The second-order valence-corrected chi connectivity index (χ2v) is 13.6. The molecule has 174 valence electrons. The Kier molecular flexibility index (Phi) is 4.89. The van der Waals surface area contributed by atoms with Crippen molar-refractivity contribution in [1.29, 1.82) is 0 Å². The van der Waals surface area contributed by atoms with Gasteiger partial charge in [0.15, 0.2) is 0 Å². The molecule has 5 nitrogen and oxygen atoms in total. The molecule has 6 rings (SSSR count). The van der Waals surface area contributed by atoms with Crippen molar-refractivity contribution in [2.75, 3.05) is 24.5 Å². The quantitative estimate of drug-likeness (QED) is 0.540. The molecule has 2 aromatic carbocycles. The second kappa shape index (κ2) is 7.40. The molecule has 2 heterocycles. The highest BCUT2D eigenvalue weighted by Crippen LogP contribution is 2.62. The lowest BCUT2D eigenvalue weighted by atomic mass is 9.66. The number of halogens is 1. The van der Waals surface area contributed by atoms with Gasteiger partial charge in [0, 0.05) is 40.8 Å². The van der Waals surface area contributed by atoms with Gasteiger partial charge in [0.25, 0.3) is 5.91 Å². The number of rotatable bonds is 3. The molecular weight excluding hydrogens is 500 g/mol. The average Bonchev–Trinajstić information content (AvgIpc) is 3.49. The predicted octanol–water partition coefficient (Wildman–Crippen LogP) is 5.34. The molecule has 2 saturated carbocycles. The molecule has 3 fully saturated rings. The van der Waals surface area contributed by atoms with Gasteiger partial charge < -0.3 is 4.90 Å². The smallest absolute Gasteiger partial charge is 0.258 e. The van der Waals surface area contributed by atoms with Gasteiger partial charge in [-0.2, -0.15) is 4.31 Å². The number of anilines is 1. The molecular formula is C26H29BrN2O3S. The summed E-state index contributed by atoms with van der Waals surface area (Å²) in [6, 6.07) is 12.8.